The molecular weight excluding hydrogens is 447 g/mol. The number of rotatable bonds is 9. The Hall–Kier alpha value is -3.02. The molecule has 0 spiro atoms. The fourth-order valence-corrected chi connectivity index (χ4v) is 3.52. The number of nitrogens with one attached hydrogen (secondary N) is 1. The van der Waals surface area contributed by atoms with Crippen molar-refractivity contribution in [3.8, 4) is 5.75 Å². The van der Waals surface area contributed by atoms with Crippen LogP contribution in [0, 0.1) is 0 Å². The van der Waals surface area contributed by atoms with Gasteiger partial charge in [0.2, 0.25) is 5.91 Å². The molecular formula is C25H24Cl2N2O3. The van der Waals surface area contributed by atoms with E-state index in [1.165, 1.54) is 0 Å². The van der Waals surface area contributed by atoms with E-state index in [0.29, 0.717) is 22.2 Å². The van der Waals surface area contributed by atoms with Gasteiger partial charge in [-0.1, -0.05) is 65.7 Å². The summed E-state index contributed by atoms with van der Waals surface area (Å²) in [5, 5.41) is 3.87. The maximum absolute atomic E-state index is 13.3. The minimum Gasteiger partial charge on any atom is -0.484 e. The van der Waals surface area contributed by atoms with E-state index in [2.05, 4.69) is 5.32 Å². The molecule has 0 radical (unpaired) electrons. The van der Waals surface area contributed by atoms with Gasteiger partial charge in [-0.05, 0) is 47.5 Å². The Morgan fingerprint density at radius 3 is 2.06 bits per heavy atom. The van der Waals surface area contributed by atoms with Crippen LogP contribution in [-0.2, 0) is 22.6 Å². The van der Waals surface area contributed by atoms with Gasteiger partial charge < -0.3 is 15.0 Å². The molecule has 5 nitrogen and oxygen atoms in total. The van der Waals surface area contributed by atoms with Crippen molar-refractivity contribution in [2.75, 3.05) is 13.7 Å². The molecule has 0 aliphatic heterocycles. The monoisotopic (exact) mass is 470 g/mol. The van der Waals surface area contributed by atoms with Gasteiger partial charge in [0, 0.05) is 30.1 Å². The summed E-state index contributed by atoms with van der Waals surface area (Å²) in [4.78, 5) is 27.7. The van der Waals surface area contributed by atoms with Crippen molar-refractivity contribution in [2.45, 2.75) is 19.0 Å². The highest BCUT2D eigenvalue weighted by molar-refractivity contribution is 6.30. The van der Waals surface area contributed by atoms with Crippen molar-refractivity contribution in [3.63, 3.8) is 0 Å². The lowest BCUT2D eigenvalue weighted by Gasteiger charge is -2.31. The average molecular weight is 471 g/mol. The Labute approximate surface area is 197 Å². The van der Waals surface area contributed by atoms with Crippen molar-refractivity contribution < 1.29 is 14.3 Å². The molecule has 0 saturated carbocycles. The molecule has 0 aliphatic rings. The third-order valence-corrected chi connectivity index (χ3v) is 5.46. The van der Waals surface area contributed by atoms with Crippen LogP contribution in [0.2, 0.25) is 10.0 Å². The van der Waals surface area contributed by atoms with Crippen LogP contribution >= 0.6 is 23.2 Å². The van der Waals surface area contributed by atoms with E-state index >= 15 is 0 Å². The number of nitrogens with zero attached hydrogens (tertiary/aromatic N) is 1. The predicted molar refractivity (Wildman–Crippen MR) is 127 cm³/mol. The molecule has 0 unspecified atom stereocenters. The third kappa shape index (κ3) is 6.74. The summed E-state index contributed by atoms with van der Waals surface area (Å²) in [7, 11) is 1.56. The molecule has 32 heavy (non-hydrogen) atoms. The molecule has 0 aromatic heterocycles. The topological polar surface area (TPSA) is 58.6 Å². The number of carbonyl (C=O) groups is 2. The molecule has 1 atom stereocenters. The largest absolute Gasteiger partial charge is 0.484 e. The highest BCUT2D eigenvalue weighted by Crippen LogP contribution is 2.19. The number of amides is 2. The van der Waals surface area contributed by atoms with Crippen molar-refractivity contribution in [2.24, 2.45) is 0 Å². The van der Waals surface area contributed by atoms with E-state index in [1.54, 1.807) is 48.3 Å². The Kier molecular flexibility index (Phi) is 8.54. The lowest BCUT2D eigenvalue weighted by molar-refractivity contribution is -0.142. The summed E-state index contributed by atoms with van der Waals surface area (Å²) in [6, 6.07) is 22.9. The molecule has 0 saturated heterocycles. The zero-order valence-corrected chi connectivity index (χ0v) is 19.1. The van der Waals surface area contributed by atoms with Gasteiger partial charge in [-0.3, -0.25) is 9.59 Å². The first kappa shape index (κ1) is 23.6. The van der Waals surface area contributed by atoms with Gasteiger partial charge in [-0.15, -0.1) is 0 Å². The molecule has 3 rings (SSSR count). The van der Waals surface area contributed by atoms with Crippen LogP contribution in [0.25, 0.3) is 0 Å². The molecule has 7 heteroatoms. The number of hydrogen-bond donors (Lipinski definition) is 1. The second kappa shape index (κ2) is 11.6. The Morgan fingerprint density at radius 1 is 0.875 bits per heavy atom. The van der Waals surface area contributed by atoms with E-state index in [-0.39, 0.29) is 25.0 Å². The number of hydrogen-bond acceptors (Lipinski definition) is 3. The van der Waals surface area contributed by atoms with E-state index in [0.717, 1.165) is 11.1 Å². The fourth-order valence-electron chi connectivity index (χ4n) is 3.27. The lowest BCUT2D eigenvalue weighted by Crippen LogP contribution is -2.51. The molecule has 3 aromatic carbocycles. The average Bonchev–Trinajstić information content (AvgIpc) is 2.82. The number of likely N-dealkylation sites (N-methyl/N-ethyl adjacent to an activating group) is 1. The maximum Gasteiger partial charge on any atom is 0.261 e. The summed E-state index contributed by atoms with van der Waals surface area (Å²) >= 11 is 11.9. The summed E-state index contributed by atoms with van der Waals surface area (Å²) < 4.78 is 5.67. The van der Waals surface area contributed by atoms with Gasteiger partial charge in [0.1, 0.15) is 11.8 Å². The van der Waals surface area contributed by atoms with Crippen LogP contribution in [0.4, 0.5) is 0 Å². The fraction of sp³-hybridized carbons (Fsp3) is 0.200. The van der Waals surface area contributed by atoms with E-state index < -0.39 is 6.04 Å². The zero-order valence-electron chi connectivity index (χ0n) is 17.6. The normalized spacial score (nSPS) is 11.5. The molecule has 0 heterocycles. The number of carbonyl (C=O) groups excluding carboxylic acids is 2. The zero-order chi connectivity index (χ0) is 22.9. The summed E-state index contributed by atoms with van der Waals surface area (Å²) in [6.45, 7) is 0.0302. The molecule has 0 aliphatic carbocycles. The first-order chi connectivity index (χ1) is 15.5. The first-order valence-electron chi connectivity index (χ1n) is 10.1. The Bertz CT molecular complexity index is 1030. The molecule has 2 amide bonds. The summed E-state index contributed by atoms with van der Waals surface area (Å²) in [5.41, 5.74) is 1.81. The van der Waals surface area contributed by atoms with Gasteiger partial charge >= 0.3 is 0 Å². The standard InChI is InChI=1S/C25H24Cl2N2O3/c1-28-25(31)23(15-18-5-3-2-4-6-18)29(16-19-7-9-20(26)10-8-19)24(30)17-32-22-13-11-21(27)12-14-22/h2-14,23H,15-17H2,1H3,(H,28,31)/t23-/m1/s1. The van der Waals surface area contributed by atoms with Crippen LogP contribution in [-0.4, -0.2) is 36.4 Å². The van der Waals surface area contributed by atoms with E-state index in [1.807, 2.05) is 42.5 Å². The smallest absolute Gasteiger partial charge is 0.261 e. The van der Waals surface area contributed by atoms with Crippen LogP contribution < -0.4 is 10.1 Å². The van der Waals surface area contributed by atoms with Crippen molar-refractivity contribution in [3.05, 3.63) is 100 Å². The third-order valence-electron chi connectivity index (χ3n) is 4.96. The summed E-state index contributed by atoms with van der Waals surface area (Å²) in [5.74, 6) is -0.0316. The molecule has 0 bridgehead atoms. The van der Waals surface area contributed by atoms with E-state index in [4.69, 9.17) is 27.9 Å². The number of benzene rings is 3. The number of halogens is 2. The second-order valence-electron chi connectivity index (χ2n) is 7.21. The molecule has 3 aromatic rings. The van der Waals surface area contributed by atoms with Gasteiger partial charge in [-0.2, -0.15) is 0 Å². The van der Waals surface area contributed by atoms with Crippen molar-refractivity contribution >= 4 is 35.0 Å². The minimum absolute atomic E-state index is 0.211. The molecule has 0 fully saturated rings. The van der Waals surface area contributed by atoms with Crippen LogP contribution in [0.5, 0.6) is 5.75 Å². The second-order valence-corrected chi connectivity index (χ2v) is 8.08. The van der Waals surface area contributed by atoms with Crippen LogP contribution in [0.15, 0.2) is 78.9 Å². The van der Waals surface area contributed by atoms with Gasteiger partial charge in [-0.25, -0.2) is 0 Å². The Balaban J connectivity index is 1.85. The van der Waals surface area contributed by atoms with Gasteiger partial charge in [0.05, 0.1) is 0 Å². The SMILES string of the molecule is CNC(=O)[C@@H](Cc1ccccc1)N(Cc1ccc(Cl)cc1)C(=O)COc1ccc(Cl)cc1. The predicted octanol–water partition coefficient (Wildman–Crippen LogP) is 4.76. The highest BCUT2D eigenvalue weighted by atomic mass is 35.5. The highest BCUT2D eigenvalue weighted by Gasteiger charge is 2.30. The quantitative estimate of drug-likeness (QED) is 0.490. The van der Waals surface area contributed by atoms with Gasteiger partial charge in [0.15, 0.2) is 6.61 Å². The van der Waals surface area contributed by atoms with Crippen molar-refractivity contribution in [1.82, 2.24) is 10.2 Å². The number of ether oxygens (including phenoxy) is 1. The van der Waals surface area contributed by atoms with Gasteiger partial charge in [0.25, 0.3) is 5.91 Å². The maximum atomic E-state index is 13.3. The van der Waals surface area contributed by atoms with Crippen LogP contribution in [0.3, 0.4) is 0 Å². The Morgan fingerprint density at radius 2 is 1.47 bits per heavy atom. The van der Waals surface area contributed by atoms with Crippen molar-refractivity contribution in [1.29, 1.82) is 0 Å². The van der Waals surface area contributed by atoms with E-state index in [9.17, 15) is 9.59 Å². The molecule has 1 N–H and O–H groups in total. The van der Waals surface area contributed by atoms with Crippen LogP contribution in [0.1, 0.15) is 11.1 Å². The minimum atomic E-state index is -0.709. The molecule has 166 valence electrons. The first-order valence-corrected chi connectivity index (χ1v) is 10.9. The summed E-state index contributed by atoms with van der Waals surface area (Å²) in [6.07, 6.45) is 0.376. The lowest BCUT2D eigenvalue weighted by atomic mass is 10.0.